The van der Waals surface area contributed by atoms with Crippen LogP contribution in [0, 0.1) is 0 Å². The number of carbonyl (C=O) groups is 1. The molecule has 0 radical (unpaired) electrons. The van der Waals surface area contributed by atoms with E-state index >= 15 is 0 Å². The molecule has 1 amide bonds. The van der Waals surface area contributed by atoms with Gasteiger partial charge in [-0.15, -0.1) is 0 Å². The van der Waals surface area contributed by atoms with Gasteiger partial charge in [-0.25, -0.2) is 9.78 Å². The van der Waals surface area contributed by atoms with Crippen molar-refractivity contribution in [3.8, 4) is 5.88 Å². The van der Waals surface area contributed by atoms with Crippen molar-refractivity contribution in [2.45, 2.75) is 50.4 Å². The van der Waals surface area contributed by atoms with E-state index in [0.29, 0.717) is 11.0 Å². The molecule has 1 aromatic heterocycles. The van der Waals surface area contributed by atoms with Crippen LogP contribution < -0.4 is 15.0 Å². The fraction of sp³-hybridized carbons (Fsp3) is 0.688. The molecule has 24 heavy (non-hydrogen) atoms. The van der Waals surface area contributed by atoms with Crippen molar-refractivity contribution in [2.24, 2.45) is 0 Å². The third-order valence-electron chi connectivity index (χ3n) is 3.60. The maximum absolute atomic E-state index is 11.9. The fourth-order valence-electron chi connectivity index (χ4n) is 2.48. The summed E-state index contributed by atoms with van der Waals surface area (Å²) in [5, 5.41) is 3.64. The summed E-state index contributed by atoms with van der Waals surface area (Å²) >= 11 is 1.49. The number of methoxy groups -OCH3 is 1. The number of nitrogens with one attached hydrogen (secondary N) is 1. The zero-order chi connectivity index (χ0) is 17.7. The van der Waals surface area contributed by atoms with Crippen molar-refractivity contribution in [1.29, 1.82) is 0 Å². The highest BCUT2D eigenvalue weighted by molar-refractivity contribution is 7.98. The number of carbonyl (C=O) groups excluding carboxylic acids is 1. The lowest BCUT2D eigenvalue weighted by molar-refractivity contribution is 0.0497. The first-order valence-electron chi connectivity index (χ1n) is 8.02. The average Bonchev–Trinajstić information content (AvgIpc) is 2.53. The second kappa shape index (κ2) is 7.92. The van der Waals surface area contributed by atoms with Crippen LogP contribution in [0.2, 0.25) is 0 Å². The van der Waals surface area contributed by atoms with E-state index in [1.54, 1.807) is 7.11 Å². The van der Waals surface area contributed by atoms with E-state index in [1.165, 1.54) is 11.8 Å². The molecule has 0 spiro atoms. The Morgan fingerprint density at radius 1 is 1.33 bits per heavy atom. The molecule has 1 saturated heterocycles. The third kappa shape index (κ3) is 5.43. The van der Waals surface area contributed by atoms with E-state index in [1.807, 2.05) is 33.1 Å². The molecule has 8 heteroatoms. The maximum atomic E-state index is 11.9. The predicted molar refractivity (Wildman–Crippen MR) is 95.0 cm³/mol. The van der Waals surface area contributed by atoms with Crippen molar-refractivity contribution in [2.75, 3.05) is 31.4 Å². The summed E-state index contributed by atoms with van der Waals surface area (Å²) in [4.78, 5) is 22.9. The van der Waals surface area contributed by atoms with Crippen LogP contribution >= 0.6 is 11.8 Å². The molecule has 134 valence electrons. The molecule has 1 aliphatic heterocycles. The molecule has 0 aromatic carbocycles. The number of hydrogen-bond donors (Lipinski definition) is 1. The molecule has 0 saturated carbocycles. The second-order valence-electron chi connectivity index (χ2n) is 6.66. The zero-order valence-electron chi connectivity index (χ0n) is 15.0. The highest BCUT2D eigenvalue weighted by Gasteiger charge is 2.24. The van der Waals surface area contributed by atoms with Crippen molar-refractivity contribution < 1.29 is 14.3 Å². The van der Waals surface area contributed by atoms with E-state index < -0.39 is 5.60 Å². The number of anilines is 1. The summed E-state index contributed by atoms with van der Waals surface area (Å²) < 4.78 is 10.6. The summed E-state index contributed by atoms with van der Waals surface area (Å²) in [6.07, 6.45) is 3.28. The van der Waals surface area contributed by atoms with Gasteiger partial charge in [-0.3, -0.25) is 0 Å². The Labute approximate surface area is 147 Å². The minimum Gasteiger partial charge on any atom is -0.481 e. The monoisotopic (exact) mass is 354 g/mol. The van der Waals surface area contributed by atoms with Gasteiger partial charge in [0, 0.05) is 25.2 Å². The Bertz CT molecular complexity index is 547. The first-order valence-corrected chi connectivity index (χ1v) is 9.24. The zero-order valence-corrected chi connectivity index (χ0v) is 15.8. The molecule has 0 bridgehead atoms. The Hall–Kier alpha value is -1.70. The van der Waals surface area contributed by atoms with Gasteiger partial charge >= 0.3 is 6.09 Å². The number of aromatic nitrogens is 2. The van der Waals surface area contributed by atoms with Gasteiger partial charge in [-0.1, -0.05) is 11.8 Å². The number of ether oxygens (including phenoxy) is 2. The van der Waals surface area contributed by atoms with E-state index in [4.69, 9.17) is 9.47 Å². The Kier molecular flexibility index (Phi) is 6.15. The molecular weight excluding hydrogens is 328 g/mol. The molecule has 0 aliphatic carbocycles. The number of amides is 1. The minimum absolute atomic E-state index is 0.125. The summed E-state index contributed by atoms with van der Waals surface area (Å²) in [5.41, 5.74) is -0.476. The van der Waals surface area contributed by atoms with Crippen LogP contribution in [0.15, 0.2) is 11.2 Å². The Balaban J connectivity index is 1.92. The predicted octanol–water partition coefficient (Wildman–Crippen LogP) is 2.70. The van der Waals surface area contributed by atoms with Crippen molar-refractivity contribution in [3.63, 3.8) is 0 Å². The van der Waals surface area contributed by atoms with Gasteiger partial charge in [-0.05, 0) is 39.9 Å². The van der Waals surface area contributed by atoms with Crippen LogP contribution in [-0.4, -0.2) is 54.2 Å². The lowest BCUT2D eigenvalue weighted by atomic mass is 10.1. The van der Waals surface area contributed by atoms with Gasteiger partial charge in [0.1, 0.15) is 11.4 Å². The molecule has 1 aromatic rings. The van der Waals surface area contributed by atoms with E-state index in [2.05, 4.69) is 20.2 Å². The number of thioether (sulfide) groups is 1. The van der Waals surface area contributed by atoms with E-state index in [9.17, 15) is 4.79 Å². The Morgan fingerprint density at radius 3 is 2.54 bits per heavy atom. The first-order chi connectivity index (χ1) is 11.3. The van der Waals surface area contributed by atoms with Gasteiger partial charge in [0.25, 0.3) is 0 Å². The number of piperidine rings is 1. The maximum Gasteiger partial charge on any atom is 0.407 e. The molecular formula is C16H26N4O3S. The summed E-state index contributed by atoms with van der Waals surface area (Å²) in [6, 6.07) is 1.97. The van der Waals surface area contributed by atoms with Gasteiger partial charge in [0.15, 0.2) is 5.16 Å². The van der Waals surface area contributed by atoms with Crippen LogP contribution in [0.5, 0.6) is 5.88 Å². The SMILES string of the molecule is COc1cc(N2CCC(NC(=O)OC(C)(C)C)CC2)nc(SC)n1. The van der Waals surface area contributed by atoms with Crippen LogP contribution in [-0.2, 0) is 4.74 Å². The molecule has 2 rings (SSSR count). The normalized spacial score (nSPS) is 16.0. The highest BCUT2D eigenvalue weighted by atomic mass is 32.2. The number of alkyl carbamates (subject to hydrolysis) is 1. The molecule has 1 aliphatic rings. The van der Waals surface area contributed by atoms with Gasteiger partial charge in [-0.2, -0.15) is 4.98 Å². The van der Waals surface area contributed by atoms with Crippen molar-refractivity contribution >= 4 is 23.7 Å². The summed E-state index contributed by atoms with van der Waals surface area (Å²) in [6.45, 7) is 7.21. The van der Waals surface area contributed by atoms with Crippen LogP contribution in [0.4, 0.5) is 10.6 Å². The quantitative estimate of drug-likeness (QED) is 0.658. The van der Waals surface area contributed by atoms with Crippen LogP contribution in [0.25, 0.3) is 0 Å². The average molecular weight is 354 g/mol. The summed E-state index contributed by atoms with van der Waals surface area (Å²) in [5.74, 6) is 1.43. The third-order valence-corrected chi connectivity index (χ3v) is 4.15. The Morgan fingerprint density at radius 2 is 2.00 bits per heavy atom. The lowest BCUT2D eigenvalue weighted by Crippen LogP contribution is -2.46. The topological polar surface area (TPSA) is 76.6 Å². The van der Waals surface area contributed by atoms with Gasteiger partial charge in [0.2, 0.25) is 5.88 Å². The molecule has 7 nitrogen and oxygen atoms in total. The van der Waals surface area contributed by atoms with Gasteiger partial charge < -0.3 is 19.7 Å². The van der Waals surface area contributed by atoms with Crippen molar-refractivity contribution in [1.82, 2.24) is 15.3 Å². The molecule has 2 heterocycles. The molecule has 0 unspecified atom stereocenters. The highest BCUT2D eigenvalue weighted by Crippen LogP contribution is 2.24. The number of rotatable bonds is 4. The second-order valence-corrected chi connectivity index (χ2v) is 7.44. The lowest BCUT2D eigenvalue weighted by Gasteiger charge is -2.33. The fourth-order valence-corrected chi connectivity index (χ4v) is 2.84. The molecule has 1 fully saturated rings. The van der Waals surface area contributed by atoms with E-state index in [0.717, 1.165) is 31.7 Å². The van der Waals surface area contributed by atoms with Crippen molar-refractivity contribution in [3.05, 3.63) is 6.07 Å². The van der Waals surface area contributed by atoms with Crippen LogP contribution in [0.1, 0.15) is 33.6 Å². The molecule has 0 atom stereocenters. The van der Waals surface area contributed by atoms with Crippen LogP contribution in [0.3, 0.4) is 0 Å². The summed E-state index contributed by atoms with van der Waals surface area (Å²) in [7, 11) is 1.60. The number of hydrogen-bond acceptors (Lipinski definition) is 7. The van der Waals surface area contributed by atoms with E-state index in [-0.39, 0.29) is 12.1 Å². The van der Waals surface area contributed by atoms with Gasteiger partial charge in [0.05, 0.1) is 7.11 Å². The smallest absolute Gasteiger partial charge is 0.407 e. The number of nitrogens with zero attached hydrogens (tertiary/aromatic N) is 3. The molecule has 1 N–H and O–H groups in total. The first kappa shape index (κ1) is 18.6. The largest absolute Gasteiger partial charge is 0.481 e. The standard InChI is InChI=1S/C16H26N4O3S/c1-16(2,3)23-15(21)17-11-6-8-20(9-7-11)12-10-13(22-4)19-14(18-12)24-5/h10-11H,6-9H2,1-5H3,(H,17,21). The minimum atomic E-state index is -0.476.